The van der Waals surface area contributed by atoms with Crippen LogP contribution in [0.4, 0.5) is 13.2 Å². The van der Waals surface area contributed by atoms with Crippen LogP contribution < -0.4 is 5.73 Å². The molecule has 0 spiro atoms. The van der Waals surface area contributed by atoms with Gasteiger partial charge in [0.2, 0.25) is 0 Å². The molecule has 0 atom stereocenters. The van der Waals surface area contributed by atoms with E-state index in [9.17, 15) is 18.0 Å². The highest BCUT2D eigenvalue weighted by molar-refractivity contribution is 7.80. The van der Waals surface area contributed by atoms with Gasteiger partial charge in [0.1, 0.15) is 12.7 Å². The zero-order valence-electron chi connectivity index (χ0n) is 13.4. The predicted octanol–water partition coefficient (Wildman–Crippen LogP) is 2.53. The van der Waals surface area contributed by atoms with E-state index in [0.717, 1.165) is 12.1 Å². The minimum Gasteiger partial charge on any atom is -0.366 e. The number of carbonyl (C=O) groups excluding carboxylic acids is 1. The van der Waals surface area contributed by atoms with E-state index in [1.807, 2.05) is 0 Å². The Hall–Kier alpha value is -3.21. The van der Waals surface area contributed by atoms with Crippen molar-refractivity contribution in [2.75, 3.05) is 0 Å². The first-order valence-electron chi connectivity index (χ1n) is 7.34. The van der Waals surface area contributed by atoms with E-state index in [0.29, 0.717) is 5.56 Å². The molecule has 2 heterocycles. The summed E-state index contributed by atoms with van der Waals surface area (Å²) in [5, 5.41) is 4.07. The first kappa shape index (κ1) is 18.6. The van der Waals surface area contributed by atoms with Crippen molar-refractivity contribution in [3.05, 3.63) is 54.4 Å². The molecule has 0 saturated heterocycles. The molecule has 0 fully saturated rings. The van der Waals surface area contributed by atoms with E-state index < -0.39 is 17.6 Å². The first-order chi connectivity index (χ1) is 12.7. The molecule has 2 aromatic heterocycles. The Kier molecular flexibility index (Phi) is 4.95. The van der Waals surface area contributed by atoms with Crippen molar-refractivity contribution in [2.24, 2.45) is 5.73 Å². The third kappa shape index (κ3) is 4.31. The Bertz CT molecular complexity index is 1020. The van der Waals surface area contributed by atoms with Crippen LogP contribution in [0.25, 0.3) is 23.2 Å². The van der Waals surface area contributed by atoms with E-state index in [2.05, 4.69) is 32.7 Å². The van der Waals surface area contributed by atoms with Gasteiger partial charge in [0.05, 0.1) is 11.1 Å². The van der Waals surface area contributed by atoms with Gasteiger partial charge in [-0.05, 0) is 18.2 Å². The van der Waals surface area contributed by atoms with Crippen LogP contribution in [0.3, 0.4) is 0 Å². The van der Waals surface area contributed by atoms with Crippen LogP contribution in [0.2, 0.25) is 0 Å². The Labute approximate surface area is 156 Å². The van der Waals surface area contributed by atoms with Gasteiger partial charge in [-0.2, -0.15) is 13.2 Å². The summed E-state index contributed by atoms with van der Waals surface area (Å²) >= 11 is 3.99. The molecule has 3 aromatic rings. The molecule has 1 amide bonds. The summed E-state index contributed by atoms with van der Waals surface area (Å²) in [5.41, 5.74) is 5.05. The average Bonchev–Trinajstić information content (AvgIpc) is 3.08. The van der Waals surface area contributed by atoms with Crippen LogP contribution in [0, 0.1) is 0 Å². The smallest absolute Gasteiger partial charge is 0.366 e. The second-order valence-corrected chi connectivity index (χ2v) is 5.87. The number of nitrogens with zero attached hydrogens (tertiary/aromatic N) is 5. The fraction of sp³-hybridized carbons (Fsp3) is 0.0625. The summed E-state index contributed by atoms with van der Waals surface area (Å²) in [5.74, 6) is -0.723. The number of hydrogen-bond acceptors (Lipinski definition) is 6. The van der Waals surface area contributed by atoms with Crippen molar-refractivity contribution in [1.29, 1.82) is 0 Å². The van der Waals surface area contributed by atoms with Crippen molar-refractivity contribution in [3.8, 4) is 11.4 Å². The molecule has 1 aromatic carbocycles. The van der Waals surface area contributed by atoms with Gasteiger partial charge in [-0.15, -0.1) is 17.7 Å². The quantitative estimate of drug-likeness (QED) is 0.525. The number of benzene rings is 1. The van der Waals surface area contributed by atoms with Crippen LogP contribution in [-0.2, 0) is 11.0 Å². The molecule has 2 N–H and O–H groups in total. The predicted molar refractivity (Wildman–Crippen MR) is 93.1 cm³/mol. The lowest BCUT2D eigenvalue weighted by Gasteiger charge is -2.08. The summed E-state index contributed by atoms with van der Waals surface area (Å²) in [4.78, 5) is 23.4. The summed E-state index contributed by atoms with van der Waals surface area (Å²) in [6.07, 6.45) is 2.07. The number of nitrogens with two attached hydrogens (primary N) is 1. The number of thiol groups is 1. The first-order valence-corrected chi connectivity index (χ1v) is 7.78. The highest BCUT2D eigenvalue weighted by Crippen LogP contribution is 2.33. The largest absolute Gasteiger partial charge is 0.416 e. The number of aromatic nitrogens is 5. The van der Waals surface area contributed by atoms with Gasteiger partial charge in [-0.3, -0.25) is 4.79 Å². The summed E-state index contributed by atoms with van der Waals surface area (Å²) in [6.45, 7) is 0. The zero-order chi connectivity index (χ0) is 19.6. The van der Waals surface area contributed by atoms with E-state index in [1.54, 1.807) is 0 Å². The molecule has 11 heteroatoms. The van der Waals surface area contributed by atoms with Crippen LogP contribution in [-0.4, -0.2) is 30.6 Å². The fourth-order valence-electron chi connectivity index (χ4n) is 2.22. The van der Waals surface area contributed by atoms with Crippen molar-refractivity contribution >= 4 is 30.3 Å². The normalized spacial score (nSPS) is 12.2. The molecule has 0 bridgehead atoms. The molecular formula is C16H11F3N6OS. The highest BCUT2D eigenvalue weighted by Gasteiger charge is 2.31. The SMILES string of the molecule is NC(=O)/C(=C\n1cnc(-c2cc(S)cc(C(F)(F)F)c2)n1)c1cncnc1. The summed E-state index contributed by atoms with van der Waals surface area (Å²) in [7, 11) is 0. The van der Waals surface area contributed by atoms with Crippen molar-refractivity contribution in [2.45, 2.75) is 11.1 Å². The minimum atomic E-state index is -4.53. The molecule has 138 valence electrons. The topological polar surface area (TPSA) is 99.6 Å². The van der Waals surface area contributed by atoms with Crippen molar-refractivity contribution < 1.29 is 18.0 Å². The number of primary amides is 1. The fourth-order valence-corrected chi connectivity index (χ4v) is 2.50. The van der Waals surface area contributed by atoms with Gasteiger partial charge in [0, 0.05) is 34.6 Å². The van der Waals surface area contributed by atoms with Gasteiger partial charge in [0.25, 0.3) is 5.91 Å². The van der Waals surface area contributed by atoms with Gasteiger partial charge in [-0.25, -0.2) is 19.6 Å². The lowest BCUT2D eigenvalue weighted by molar-refractivity contribution is -0.137. The summed E-state index contributed by atoms with van der Waals surface area (Å²) < 4.78 is 40.1. The minimum absolute atomic E-state index is 0.0285. The monoisotopic (exact) mass is 392 g/mol. The van der Waals surface area contributed by atoms with Gasteiger partial charge >= 0.3 is 6.18 Å². The number of carbonyl (C=O) groups is 1. The van der Waals surface area contributed by atoms with Crippen molar-refractivity contribution in [1.82, 2.24) is 24.7 Å². The Morgan fingerprint density at radius 1 is 1.19 bits per heavy atom. The lowest BCUT2D eigenvalue weighted by Crippen LogP contribution is -2.14. The van der Waals surface area contributed by atoms with Crippen LogP contribution in [0.1, 0.15) is 11.1 Å². The Morgan fingerprint density at radius 3 is 2.52 bits per heavy atom. The third-order valence-electron chi connectivity index (χ3n) is 3.41. The van der Waals surface area contributed by atoms with E-state index in [4.69, 9.17) is 5.73 Å². The van der Waals surface area contributed by atoms with Crippen molar-refractivity contribution in [3.63, 3.8) is 0 Å². The number of halogens is 3. The molecule has 0 aliphatic heterocycles. The van der Waals surface area contributed by atoms with Crippen LogP contribution >= 0.6 is 12.6 Å². The maximum absolute atomic E-state index is 13.0. The highest BCUT2D eigenvalue weighted by atomic mass is 32.1. The molecular weight excluding hydrogens is 381 g/mol. The van der Waals surface area contributed by atoms with E-state index in [-0.39, 0.29) is 21.9 Å². The number of rotatable bonds is 4. The molecule has 0 radical (unpaired) electrons. The maximum atomic E-state index is 13.0. The molecule has 27 heavy (non-hydrogen) atoms. The molecule has 3 rings (SSSR count). The molecule has 0 saturated carbocycles. The third-order valence-corrected chi connectivity index (χ3v) is 3.67. The molecule has 7 nitrogen and oxygen atoms in total. The van der Waals surface area contributed by atoms with Crippen LogP contribution in [0.5, 0.6) is 0 Å². The average molecular weight is 392 g/mol. The number of alkyl halides is 3. The zero-order valence-corrected chi connectivity index (χ0v) is 14.3. The Balaban J connectivity index is 2.00. The molecule has 0 aliphatic rings. The Morgan fingerprint density at radius 2 is 1.89 bits per heavy atom. The standard InChI is InChI=1S/C16H11F3N6OS/c17-16(18,19)11-1-9(2-12(27)3-11)15-23-8-25(24-15)6-13(14(20)26)10-4-21-7-22-5-10/h1-8,27H,(H2,20,26)/b13-6-. The van der Waals surface area contributed by atoms with Crippen LogP contribution in [0.15, 0.2) is 48.1 Å². The molecule has 0 aliphatic carbocycles. The number of amides is 1. The second-order valence-electron chi connectivity index (χ2n) is 5.35. The maximum Gasteiger partial charge on any atom is 0.416 e. The number of hydrogen-bond donors (Lipinski definition) is 2. The van der Waals surface area contributed by atoms with Gasteiger partial charge < -0.3 is 5.73 Å². The van der Waals surface area contributed by atoms with E-state index in [1.165, 1.54) is 42.0 Å². The van der Waals surface area contributed by atoms with Gasteiger partial charge in [0.15, 0.2) is 5.82 Å². The summed E-state index contributed by atoms with van der Waals surface area (Å²) in [6, 6.07) is 3.23. The van der Waals surface area contributed by atoms with Gasteiger partial charge in [-0.1, -0.05) is 0 Å². The second kappa shape index (κ2) is 7.19. The molecule has 0 unspecified atom stereocenters. The van der Waals surface area contributed by atoms with E-state index >= 15 is 0 Å². The lowest BCUT2D eigenvalue weighted by atomic mass is 10.1.